The zero-order valence-corrected chi connectivity index (χ0v) is 12.4. The molecule has 0 saturated heterocycles. The van der Waals surface area contributed by atoms with Crippen LogP contribution in [-0.4, -0.2) is 16.8 Å². The number of ether oxygens (including phenoxy) is 2. The molecule has 2 heterocycles. The van der Waals surface area contributed by atoms with E-state index >= 15 is 0 Å². The van der Waals surface area contributed by atoms with E-state index in [1.807, 2.05) is 38.1 Å². The van der Waals surface area contributed by atoms with Crippen molar-refractivity contribution in [2.24, 2.45) is 5.73 Å². The van der Waals surface area contributed by atoms with Gasteiger partial charge in [0, 0.05) is 11.3 Å². The van der Waals surface area contributed by atoms with E-state index in [-0.39, 0.29) is 11.8 Å². The van der Waals surface area contributed by atoms with Crippen LogP contribution < -0.4 is 15.2 Å². The fourth-order valence-electron chi connectivity index (χ4n) is 2.66. The highest BCUT2D eigenvalue weighted by atomic mass is 16.5. The zero-order chi connectivity index (χ0) is 15.7. The SMILES string of the molecule is CCOc1ccc([C@H]2C(C#N)=C(N)Oc3n[nH]c(C)c32)cc1. The summed E-state index contributed by atoms with van der Waals surface area (Å²) in [6.07, 6.45) is 0. The molecule has 3 N–H and O–H groups in total. The molecule has 6 heteroatoms. The molecular formula is C16H16N4O2. The summed E-state index contributed by atoms with van der Waals surface area (Å²) in [7, 11) is 0. The monoisotopic (exact) mass is 296 g/mol. The topological polar surface area (TPSA) is 96.9 Å². The van der Waals surface area contributed by atoms with Gasteiger partial charge in [-0.05, 0) is 31.5 Å². The first kappa shape index (κ1) is 14.0. The Morgan fingerprint density at radius 2 is 2.14 bits per heavy atom. The van der Waals surface area contributed by atoms with Crippen LogP contribution in [0.2, 0.25) is 0 Å². The van der Waals surface area contributed by atoms with Crippen LogP contribution in [0.4, 0.5) is 0 Å². The molecule has 0 fully saturated rings. The van der Waals surface area contributed by atoms with Gasteiger partial charge < -0.3 is 15.2 Å². The van der Waals surface area contributed by atoms with Crippen molar-refractivity contribution in [1.29, 1.82) is 5.26 Å². The maximum Gasteiger partial charge on any atom is 0.244 e. The maximum absolute atomic E-state index is 9.46. The number of nitrogens with two attached hydrogens (primary N) is 1. The number of benzene rings is 1. The van der Waals surface area contributed by atoms with Crippen LogP contribution >= 0.6 is 0 Å². The van der Waals surface area contributed by atoms with Gasteiger partial charge in [0.1, 0.15) is 17.4 Å². The molecule has 22 heavy (non-hydrogen) atoms. The minimum Gasteiger partial charge on any atom is -0.494 e. The number of nitrogens with zero attached hydrogens (tertiary/aromatic N) is 2. The number of hydrogen-bond acceptors (Lipinski definition) is 5. The number of rotatable bonds is 3. The number of aromatic amines is 1. The summed E-state index contributed by atoms with van der Waals surface area (Å²) < 4.78 is 10.9. The minimum atomic E-state index is -0.289. The van der Waals surface area contributed by atoms with Crippen molar-refractivity contribution in [3.05, 3.63) is 52.5 Å². The van der Waals surface area contributed by atoms with E-state index in [4.69, 9.17) is 15.2 Å². The molecule has 0 unspecified atom stereocenters. The summed E-state index contributed by atoms with van der Waals surface area (Å²) in [6, 6.07) is 9.79. The van der Waals surface area contributed by atoms with Crippen LogP contribution in [0.15, 0.2) is 35.7 Å². The first-order valence-corrected chi connectivity index (χ1v) is 7.01. The van der Waals surface area contributed by atoms with Crippen LogP contribution in [0.3, 0.4) is 0 Å². The third kappa shape index (κ3) is 2.17. The van der Waals surface area contributed by atoms with Crippen LogP contribution in [0.1, 0.15) is 29.7 Å². The standard InChI is InChI=1S/C16H16N4O2/c1-3-21-11-6-4-10(5-7-11)14-12(8-17)15(18)22-16-13(14)9(2)19-20-16/h4-7,14H,3,18H2,1-2H3,(H,19,20)/t14-/m0/s1. The zero-order valence-electron chi connectivity index (χ0n) is 12.4. The van der Waals surface area contributed by atoms with E-state index in [0.717, 1.165) is 22.6 Å². The smallest absolute Gasteiger partial charge is 0.244 e. The molecule has 0 saturated carbocycles. The number of allylic oxidation sites excluding steroid dienone is 1. The largest absolute Gasteiger partial charge is 0.494 e. The lowest BCUT2D eigenvalue weighted by Gasteiger charge is -2.23. The Labute approximate surface area is 128 Å². The number of aromatic nitrogens is 2. The maximum atomic E-state index is 9.46. The van der Waals surface area contributed by atoms with Crippen molar-refractivity contribution in [1.82, 2.24) is 10.2 Å². The molecule has 112 valence electrons. The van der Waals surface area contributed by atoms with Crippen molar-refractivity contribution >= 4 is 0 Å². The normalized spacial score (nSPS) is 16.7. The molecule has 1 aromatic carbocycles. The molecule has 0 spiro atoms. The van der Waals surface area contributed by atoms with E-state index in [2.05, 4.69) is 16.3 Å². The van der Waals surface area contributed by atoms with Crippen molar-refractivity contribution in [3.63, 3.8) is 0 Å². The molecule has 1 aromatic heterocycles. The number of nitrogens with one attached hydrogen (secondary N) is 1. The Morgan fingerprint density at radius 3 is 2.77 bits per heavy atom. The molecule has 6 nitrogen and oxygen atoms in total. The van der Waals surface area contributed by atoms with Gasteiger partial charge in [0.2, 0.25) is 11.8 Å². The van der Waals surface area contributed by atoms with Gasteiger partial charge in [-0.25, -0.2) is 0 Å². The molecule has 3 rings (SSSR count). The molecule has 0 aliphatic carbocycles. The Bertz CT molecular complexity index is 768. The Kier molecular flexibility index (Phi) is 3.47. The van der Waals surface area contributed by atoms with Crippen LogP contribution in [0.5, 0.6) is 11.6 Å². The van der Waals surface area contributed by atoms with E-state index in [9.17, 15) is 5.26 Å². The third-order valence-corrected chi connectivity index (χ3v) is 3.65. The van der Waals surface area contributed by atoms with Crippen molar-refractivity contribution in [2.75, 3.05) is 6.61 Å². The molecule has 2 aromatic rings. The predicted octanol–water partition coefficient (Wildman–Crippen LogP) is 2.33. The summed E-state index contributed by atoms with van der Waals surface area (Å²) in [4.78, 5) is 0. The fourth-order valence-corrected chi connectivity index (χ4v) is 2.66. The summed E-state index contributed by atoms with van der Waals surface area (Å²) in [5, 5.41) is 16.4. The van der Waals surface area contributed by atoms with Gasteiger partial charge in [0.05, 0.1) is 12.5 Å². The summed E-state index contributed by atoms with van der Waals surface area (Å²) in [6.45, 7) is 4.44. The number of aryl methyl sites for hydroxylation is 1. The van der Waals surface area contributed by atoms with Crippen molar-refractivity contribution < 1.29 is 9.47 Å². The van der Waals surface area contributed by atoms with Gasteiger partial charge in [-0.2, -0.15) is 5.26 Å². The lowest BCUT2D eigenvalue weighted by Crippen LogP contribution is -2.21. The number of H-pyrrole nitrogens is 1. The van der Waals surface area contributed by atoms with Gasteiger partial charge in [-0.1, -0.05) is 12.1 Å². The highest BCUT2D eigenvalue weighted by molar-refractivity contribution is 5.55. The minimum absolute atomic E-state index is 0.0976. The van der Waals surface area contributed by atoms with Crippen LogP contribution in [0.25, 0.3) is 0 Å². The van der Waals surface area contributed by atoms with Gasteiger partial charge in [-0.15, -0.1) is 5.10 Å². The molecule has 0 amide bonds. The summed E-state index contributed by atoms with van der Waals surface area (Å²) >= 11 is 0. The first-order chi connectivity index (χ1) is 10.7. The molecule has 0 radical (unpaired) electrons. The third-order valence-electron chi connectivity index (χ3n) is 3.65. The van der Waals surface area contributed by atoms with Gasteiger partial charge in [0.15, 0.2) is 0 Å². The molecule has 0 bridgehead atoms. The highest BCUT2D eigenvalue weighted by Crippen LogP contribution is 2.42. The summed E-state index contributed by atoms with van der Waals surface area (Å²) in [5.74, 6) is 1.02. The van der Waals surface area contributed by atoms with E-state index in [1.165, 1.54) is 0 Å². The quantitative estimate of drug-likeness (QED) is 0.906. The molecule has 1 aliphatic rings. The van der Waals surface area contributed by atoms with Crippen molar-refractivity contribution in [2.45, 2.75) is 19.8 Å². The average molecular weight is 296 g/mol. The van der Waals surface area contributed by atoms with E-state index < -0.39 is 0 Å². The average Bonchev–Trinajstić information content (AvgIpc) is 2.88. The Morgan fingerprint density at radius 1 is 1.41 bits per heavy atom. The second-order valence-corrected chi connectivity index (χ2v) is 4.99. The van der Waals surface area contributed by atoms with Crippen LogP contribution in [-0.2, 0) is 0 Å². The van der Waals surface area contributed by atoms with Gasteiger partial charge in [-0.3, -0.25) is 5.10 Å². The fraction of sp³-hybridized carbons (Fsp3) is 0.250. The Hall–Kier alpha value is -2.94. The highest BCUT2D eigenvalue weighted by Gasteiger charge is 2.34. The van der Waals surface area contributed by atoms with E-state index in [0.29, 0.717) is 18.1 Å². The molecule has 1 atom stereocenters. The second kappa shape index (κ2) is 5.45. The lowest BCUT2D eigenvalue weighted by molar-refractivity contribution is 0.340. The number of fused-ring (bicyclic) bond motifs is 1. The molecule has 1 aliphatic heterocycles. The Balaban J connectivity index is 2.10. The number of nitriles is 1. The first-order valence-electron chi connectivity index (χ1n) is 7.01. The van der Waals surface area contributed by atoms with Crippen molar-refractivity contribution in [3.8, 4) is 17.7 Å². The van der Waals surface area contributed by atoms with Gasteiger partial charge >= 0.3 is 0 Å². The van der Waals surface area contributed by atoms with E-state index in [1.54, 1.807) is 0 Å². The predicted molar refractivity (Wildman–Crippen MR) is 80.2 cm³/mol. The molecular weight excluding hydrogens is 280 g/mol. The lowest BCUT2D eigenvalue weighted by atomic mass is 9.84. The second-order valence-electron chi connectivity index (χ2n) is 4.99. The summed E-state index contributed by atoms with van der Waals surface area (Å²) in [5.41, 5.74) is 8.91. The number of hydrogen-bond donors (Lipinski definition) is 2. The van der Waals surface area contributed by atoms with Crippen LogP contribution in [0, 0.1) is 18.3 Å². The van der Waals surface area contributed by atoms with Gasteiger partial charge in [0.25, 0.3) is 0 Å².